The zero-order chi connectivity index (χ0) is 14.7. The van der Waals surface area contributed by atoms with E-state index in [4.69, 9.17) is 4.74 Å². The summed E-state index contributed by atoms with van der Waals surface area (Å²) in [5, 5.41) is 3.18. The molecule has 3 rings (SSSR count). The van der Waals surface area contributed by atoms with Gasteiger partial charge in [-0.3, -0.25) is 4.79 Å². The van der Waals surface area contributed by atoms with E-state index in [0.717, 1.165) is 39.0 Å². The molecule has 0 atom stereocenters. The minimum atomic E-state index is -0.141. The van der Waals surface area contributed by atoms with E-state index < -0.39 is 0 Å². The van der Waals surface area contributed by atoms with Gasteiger partial charge in [0.05, 0.1) is 5.60 Å². The van der Waals surface area contributed by atoms with Crippen molar-refractivity contribution in [2.24, 2.45) is 0 Å². The Hall–Kier alpha value is -1.39. The summed E-state index contributed by atoms with van der Waals surface area (Å²) in [6.45, 7) is 5.65. The van der Waals surface area contributed by atoms with Crippen molar-refractivity contribution >= 4 is 5.91 Å². The quantitative estimate of drug-likeness (QED) is 0.918. The van der Waals surface area contributed by atoms with Crippen LogP contribution in [0.2, 0.25) is 0 Å². The molecule has 0 radical (unpaired) electrons. The van der Waals surface area contributed by atoms with E-state index in [1.54, 1.807) is 0 Å². The predicted molar refractivity (Wildman–Crippen MR) is 82.2 cm³/mol. The molecule has 0 saturated carbocycles. The van der Waals surface area contributed by atoms with Gasteiger partial charge in [0.2, 0.25) is 5.91 Å². The molecule has 0 aromatic heterocycles. The van der Waals surface area contributed by atoms with Gasteiger partial charge in [-0.05, 0) is 31.2 Å². The number of benzene rings is 1. The van der Waals surface area contributed by atoms with Crippen molar-refractivity contribution in [2.45, 2.75) is 31.3 Å². The predicted octanol–water partition coefficient (Wildman–Crippen LogP) is 1.77. The molecule has 1 aromatic rings. The van der Waals surface area contributed by atoms with Crippen LogP contribution in [-0.2, 0) is 9.53 Å². The fourth-order valence-electron chi connectivity index (χ4n) is 3.09. The van der Waals surface area contributed by atoms with Crippen LogP contribution in [0.25, 0.3) is 0 Å². The van der Waals surface area contributed by atoms with Crippen molar-refractivity contribution in [1.82, 2.24) is 10.2 Å². The van der Waals surface area contributed by atoms with Crippen LogP contribution in [0.15, 0.2) is 30.3 Å². The maximum atomic E-state index is 12.2. The third-order valence-corrected chi connectivity index (χ3v) is 4.66. The monoisotopic (exact) mass is 288 g/mol. The van der Waals surface area contributed by atoms with Crippen LogP contribution in [0.5, 0.6) is 0 Å². The lowest BCUT2D eigenvalue weighted by Crippen LogP contribution is -2.59. The number of piperidine rings is 1. The van der Waals surface area contributed by atoms with Crippen molar-refractivity contribution in [3.8, 4) is 0 Å². The van der Waals surface area contributed by atoms with Crippen molar-refractivity contribution in [2.75, 3.05) is 32.8 Å². The van der Waals surface area contributed by atoms with Crippen LogP contribution >= 0.6 is 0 Å². The van der Waals surface area contributed by atoms with Gasteiger partial charge in [-0.1, -0.05) is 30.3 Å². The summed E-state index contributed by atoms with van der Waals surface area (Å²) < 4.78 is 5.74. The van der Waals surface area contributed by atoms with Crippen LogP contribution in [0, 0.1) is 0 Å². The zero-order valence-electron chi connectivity index (χ0n) is 12.7. The van der Waals surface area contributed by atoms with E-state index >= 15 is 0 Å². The molecule has 2 aliphatic rings. The fraction of sp³-hybridized carbons (Fsp3) is 0.588. The second-order valence-corrected chi connectivity index (χ2v) is 6.41. The number of rotatable bonds is 4. The van der Waals surface area contributed by atoms with Crippen molar-refractivity contribution in [1.29, 1.82) is 0 Å². The smallest absolute Gasteiger partial charge is 0.248 e. The zero-order valence-corrected chi connectivity index (χ0v) is 12.7. The number of hydrogen-bond acceptors (Lipinski definition) is 3. The Bertz CT molecular complexity index is 477. The lowest BCUT2D eigenvalue weighted by Gasteiger charge is -2.39. The van der Waals surface area contributed by atoms with E-state index in [9.17, 15) is 4.79 Å². The second kappa shape index (κ2) is 6.16. The van der Waals surface area contributed by atoms with Gasteiger partial charge in [0.1, 0.15) is 6.61 Å². The standard InChI is InChI=1S/C17H24N2O2/c1-17(12-18-13-17)21-11-16(20)19-9-7-15(8-10-19)14-5-3-2-4-6-14/h2-6,15,18H,7-13H2,1H3. The Morgan fingerprint density at radius 3 is 2.52 bits per heavy atom. The first-order chi connectivity index (χ1) is 10.2. The largest absolute Gasteiger partial charge is 0.363 e. The van der Waals surface area contributed by atoms with Crippen LogP contribution in [-0.4, -0.2) is 49.2 Å². The van der Waals surface area contributed by atoms with Gasteiger partial charge in [0, 0.05) is 26.2 Å². The molecule has 0 bridgehead atoms. The molecular formula is C17H24N2O2. The highest BCUT2D eigenvalue weighted by molar-refractivity contribution is 5.77. The minimum absolute atomic E-state index is 0.134. The lowest BCUT2D eigenvalue weighted by atomic mass is 9.89. The highest BCUT2D eigenvalue weighted by Crippen LogP contribution is 2.27. The van der Waals surface area contributed by atoms with Gasteiger partial charge in [-0.25, -0.2) is 0 Å². The van der Waals surface area contributed by atoms with Crippen molar-refractivity contribution in [3.05, 3.63) is 35.9 Å². The maximum Gasteiger partial charge on any atom is 0.248 e. The number of ether oxygens (including phenoxy) is 1. The first kappa shape index (κ1) is 14.5. The summed E-state index contributed by atoms with van der Waals surface area (Å²) >= 11 is 0. The molecule has 1 amide bonds. The molecule has 2 aliphatic heterocycles. The maximum absolute atomic E-state index is 12.2. The molecule has 2 heterocycles. The second-order valence-electron chi connectivity index (χ2n) is 6.41. The van der Waals surface area contributed by atoms with Crippen LogP contribution in [0.1, 0.15) is 31.2 Å². The van der Waals surface area contributed by atoms with E-state index in [1.165, 1.54) is 5.56 Å². The molecule has 1 N–H and O–H groups in total. The first-order valence-electron chi connectivity index (χ1n) is 7.84. The Balaban J connectivity index is 1.45. The van der Waals surface area contributed by atoms with Crippen molar-refractivity contribution < 1.29 is 9.53 Å². The number of amides is 1. The Kier molecular flexibility index (Phi) is 4.27. The van der Waals surface area contributed by atoms with Gasteiger partial charge in [-0.2, -0.15) is 0 Å². The highest BCUT2D eigenvalue weighted by atomic mass is 16.5. The fourth-order valence-corrected chi connectivity index (χ4v) is 3.09. The minimum Gasteiger partial charge on any atom is -0.363 e. The third-order valence-electron chi connectivity index (χ3n) is 4.66. The normalized spacial score (nSPS) is 21.9. The van der Waals surface area contributed by atoms with Gasteiger partial charge >= 0.3 is 0 Å². The topological polar surface area (TPSA) is 41.6 Å². The van der Waals surface area contributed by atoms with Gasteiger partial charge in [0.15, 0.2) is 0 Å². The summed E-state index contributed by atoms with van der Waals surface area (Å²) in [6, 6.07) is 10.6. The molecule has 2 fully saturated rings. The molecule has 114 valence electrons. The third kappa shape index (κ3) is 3.44. The molecule has 0 spiro atoms. The summed E-state index contributed by atoms with van der Waals surface area (Å²) in [6.07, 6.45) is 2.10. The average molecular weight is 288 g/mol. The number of nitrogens with one attached hydrogen (secondary N) is 1. The van der Waals surface area contributed by atoms with Gasteiger partial charge in [0.25, 0.3) is 0 Å². The molecular weight excluding hydrogens is 264 g/mol. The average Bonchev–Trinajstić information content (AvgIpc) is 2.52. The number of carbonyl (C=O) groups excluding carboxylic acids is 1. The van der Waals surface area contributed by atoms with Crippen LogP contribution in [0.3, 0.4) is 0 Å². The van der Waals surface area contributed by atoms with E-state index in [-0.39, 0.29) is 18.1 Å². The molecule has 4 heteroatoms. The number of nitrogens with zero attached hydrogens (tertiary/aromatic N) is 1. The molecule has 0 aliphatic carbocycles. The Labute approximate surface area is 126 Å². The highest BCUT2D eigenvalue weighted by Gasteiger charge is 2.34. The molecule has 2 saturated heterocycles. The molecule has 0 unspecified atom stereocenters. The lowest BCUT2D eigenvalue weighted by molar-refractivity contribution is -0.147. The van der Waals surface area contributed by atoms with Crippen molar-refractivity contribution in [3.63, 3.8) is 0 Å². The molecule has 1 aromatic carbocycles. The summed E-state index contributed by atoms with van der Waals surface area (Å²) in [4.78, 5) is 14.2. The van der Waals surface area contributed by atoms with E-state index in [0.29, 0.717) is 5.92 Å². The SMILES string of the molecule is CC1(OCC(=O)N2CCC(c3ccccc3)CC2)CNC1. The molecule has 21 heavy (non-hydrogen) atoms. The van der Waals surface area contributed by atoms with Gasteiger partial charge < -0.3 is 15.0 Å². The Morgan fingerprint density at radius 2 is 1.95 bits per heavy atom. The van der Waals surface area contributed by atoms with Gasteiger partial charge in [-0.15, -0.1) is 0 Å². The van der Waals surface area contributed by atoms with E-state index in [1.807, 2.05) is 4.90 Å². The Morgan fingerprint density at radius 1 is 1.29 bits per heavy atom. The van der Waals surface area contributed by atoms with Crippen LogP contribution < -0.4 is 5.32 Å². The van der Waals surface area contributed by atoms with Crippen LogP contribution in [0.4, 0.5) is 0 Å². The summed E-state index contributed by atoms with van der Waals surface area (Å²) in [7, 11) is 0. The first-order valence-corrected chi connectivity index (χ1v) is 7.84. The number of likely N-dealkylation sites (tertiary alicyclic amines) is 1. The van der Waals surface area contributed by atoms with E-state index in [2.05, 4.69) is 42.6 Å². The number of hydrogen-bond donors (Lipinski definition) is 1. The number of carbonyl (C=O) groups is 1. The summed E-state index contributed by atoms with van der Waals surface area (Å²) in [5.41, 5.74) is 1.26. The summed E-state index contributed by atoms with van der Waals surface area (Å²) in [5.74, 6) is 0.721. The molecule has 4 nitrogen and oxygen atoms in total.